The first-order valence-corrected chi connectivity index (χ1v) is 7.24. The first-order valence-electron chi connectivity index (χ1n) is 6.71. The van der Waals surface area contributed by atoms with Crippen molar-refractivity contribution in [3.63, 3.8) is 0 Å². The van der Waals surface area contributed by atoms with Crippen LogP contribution in [0, 0.1) is 5.41 Å². The molecule has 0 bridgehead atoms. The van der Waals surface area contributed by atoms with Crippen molar-refractivity contribution < 1.29 is 4.79 Å². The Morgan fingerprint density at radius 3 is 2.44 bits per heavy atom. The summed E-state index contributed by atoms with van der Waals surface area (Å²) in [6.07, 6.45) is 1.01. The number of amides is 1. The van der Waals surface area contributed by atoms with Crippen LogP contribution in [0.5, 0.6) is 0 Å². The van der Waals surface area contributed by atoms with E-state index in [1.54, 1.807) is 0 Å². The average molecular weight is 276 g/mol. The Morgan fingerprint density at radius 2 is 1.89 bits per heavy atom. The maximum Gasteiger partial charge on any atom is 0.226 e. The smallest absolute Gasteiger partial charge is 0.226 e. The van der Waals surface area contributed by atoms with Crippen LogP contribution in [0.15, 0.2) is 0 Å². The van der Waals surface area contributed by atoms with Crippen LogP contribution in [0.3, 0.4) is 0 Å². The number of hydrogen-bond donors (Lipinski definition) is 1. The van der Waals surface area contributed by atoms with Gasteiger partial charge in [0.25, 0.3) is 0 Å². The fourth-order valence-corrected chi connectivity index (χ4v) is 2.00. The molecule has 106 valence electrons. The molecule has 1 saturated heterocycles. The number of piperazine rings is 1. The van der Waals surface area contributed by atoms with Gasteiger partial charge in [-0.2, -0.15) is 0 Å². The van der Waals surface area contributed by atoms with Crippen molar-refractivity contribution in [3.05, 3.63) is 0 Å². The van der Waals surface area contributed by atoms with Crippen LogP contribution in [0.1, 0.15) is 20.3 Å². The van der Waals surface area contributed by atoms with Gasteiger partial charge in [0, 0.05) is 38.6 Å². The second kappa shape index (κ2) is 7.31. The molecule has 5 heteroatoms. The van der Waals surface area contributed by atoms with E-state index in [4.69, 9.17) is 11.6 Å². The van der Waals surface area contributed by atoms with Crippen molar-refractivity contribution >= 4 is 17.5 Å². The van der Waals surface area contributed by atoms with Gasteiger partial charge in [0.2, 0.25) is 5.91 Å². The molecule has 0 atom stereocenters. The summed E-state index contributed by atoms with van der Waals surface area (Å²) in [5, 5.41) is 2.96. The molecule has 0 radical (unpaired) electrons. The van der Waals surface area contributed by atoms with Crippen molar-refractivity contribution in [2.24, 2.45) is 5.41 Å². The summed E-state index contributed by atoms with van der Waals surface area (Å²) in [5.41, 5.74) is -0.463. The standard InChI is InChI=1S/C13H26ClN3O/c1-13(2,11-14)12(18)15-5-4-6-17-9-7-16(3)8-10-17/h4-11H2,1-3H3,(H,15,18). The van der Waals surface area contributed by atoms with Gasteiger partial charge >= 0.3 is 0 Å². The lowest BCUT2D eigenvalue weighted by atomic mass is 9.95. The summed E-state index contributed by atoms with van der Waals surface area (Å²) in [7, 11) is 2.16. The Kier molecular flexibility index (Phi) is 6.39. The van der Waals surface area contributed by atoms with Crippen molar-refractivity contribution in [1.82, 2.24) is 15.1 Å². The van der Waals surface area contributed by atoms with Gasteiger partial charge in [0.05, 0.1) is 5.41 Å². The molecule has 1 aliphatic heterocycles. The molecule has 1 rings (SSSR count). The van der Waals surface area contributed by atoms with E-state index in [1.165, 1.54) is 0 Å². The van der Waals surface area contributed by atoms with Gasteiger partial charge in [0.1, 0.15) is 0 Å². The summed E-state index contributed by atoms with van der Waals surface area (Å²) in [6, 6.07) is 0. The van der Waals surface area contributed by atoms with E-state index in [9.17, 15) is 4.79 Å². The van der Waals surface area contributed by atoms with Gasteiger partial charge in [0.15, 0.2) is 0 Å². The lowest BCUT2D eigenvalue weighted by Crippen LogP contribution is -2.45. The molecule has 0 aromatic carbocycles. The lowest BCUT2D eigenvalue weighted by Gasteiger charge is -2.32. The van der Waals surface area contributed by atoms with Crippen LogP contribution >= 0.6 is 11.6 Å². The van der Waals surface area contributed by atoms with Gasteiger partial charge in [-0.3, -0.25) is 4.79 Å². The minimum Gasteiger partial charge on any atom is -0.356 e. The second-order valence-corrected chi connectivity index (χ2v) is 6.04. The SMILES string of the molecule is CN1CCN(CCCNC(=O)C(C)(C)CCl)CC1. The molecule has 1 fully saturated rings. The highest BCUT2D eigenvalue weighted by Gasteiger charge is 2.25. The summed E-state index contributed by atoms with van der Waals surface area (Å²) in [5.74, 6) is 0.410. The number of likely N-dealkylation sites (N-methyl/N-ethyl adjacent to an activating group) is 1. The molecule has 0 spiro atoms. The molecule has 1 N–H and O–H groups in total. The second-order valence-electron chi connectivity index (χ2n) is 5.77. The highest BCUT2D eigenvalue weighted by molar-refractivity contribution is 6.19. The van der Waals surface area contributed by atoms with E-state index in [0.717, 1.165) is 45.7 Å². The summed E-state index contributed by atoms with van der Waals surface area (Å²) in [4.78, 5) is 16.6. The Morgan fingerprint density at radius 1 is 1.28 bits per heavy atom. The first kappa shape index (κ1) is 15.7. The largest absolute Gasteiger partial charge is 0.356 e. The van der Waals surface area contributed by atoms with Crippen molar-refractivity contribution in [1.29, 1.82) is 0 Å². The summed E-state index contributed by atoms with van der Waals surface area (Å²) in [6.45, 7) is 10.1. The summed E-state index contributed by atoms with van der Waals surface area (Å²) >= 11 is 5.76. The molecule has 0 aromatic rings. The monoisotopic (exact) mass is 275 g/mol. The molecule has 1 amide bonds. The first-order chi connectivity index (χ1) is 8.45. The number of alkyl halides is 1. The van der Waals surface area contributed by atoms with Gasteiger partial charge in [-0.05, 0) is 33.9 Å². The van der Waals surface area contributed by atoms with Gasteiger partial charge in [-0.1, -0.05) is 0 Å². The van der Waals surface area contributed by atoms with Gasteiger partial charge < -0.3 is 15.1 Å². The van der Waals surface area contributed by atoms with Crippen molar-refractivity contribution in [2.45, 2.75) is 20.3 Å². The molecule has 4 nitrogen and oxygen atoms in total. The van der Waals surface area contributed by atoms with Crippen LogP contribution < -0.4 is 5.32 Å². The maximum absolute atomic E-state index is 11.8. The predicted octanol–water partition coefficient (Wildman–Crippen LogP) is 1.01. The lowest BCUT2D eigenvalue weighted by molar-refractivity contribution is -0.128. The van der Waals surface area contributed by atoms with E-state index in [0.29, 0.717) is 5.88 Å². The van der Waals surface area contributed by atoms with Crippen LogP contribution in [0.4, 0.5) is 0 Å². The Hall–Kier alpha value is -0.320. The van der Waals surface area contributed by atoms with E-state index in [1.807, 2.05) is 13.8 Å². The third kappa shape index (κ3) is 5.12. The zero-order chi connectivity index (χ0) is 13.6. The number of carbonyl (C=O) groups excluding carboxylic acids is 1. The van der Waals surface area contributed by atoms with Gasteiger partial charge in [-0.15, -0.1) is 11.6 Å². The number of carbonyl (C=O) groups is 1. The zero-order valence-corrected chi connectivity index (χ0v) is 12.6. The quantitative estimate of drug-likeness (QED) is 0.580. The van der Waals surface area contributed by atoms with E-state index in [2.05, 4.69) is 22.2 Å². The van der Waals surface area contributed by atoms with E-state index < -0.39 is 5.41 Å². The molecule has 1 aliphatic rings. The molecule has 0 unspecified atom stereocenters. The maximum atomic E-state index is 11.8. The molecule has 0 saturated carbocycles. The molecular weight excluding hydrogens is 250 g/mol. The highest BCUT2D eigenvalue weighted by Crippen LogP contribution is 2.16. The number of nitrogens with one attached hydrogen (secondary N) is 1. The molecular formula is C13H26ClN3O. The topological polar surface area (TPSA) is 35.6 Å². The number of nitrogens with zero attached hydrogens (tertiary/aromatic N) is 2. The van der Waals surface area contributed by atoms with Crippen LogP contribution in [-0.4, -0.2) is 67.9 Å². The fourth-order valence-electron chi connectivity index (χ4n) is 1.88. The molecule has 0 aliphatic carbocycles. The van der Waals surface area contributed by atoms with E-state index in [-0.39, 0.29) is 5.91 Å². The third-order valence-corrected chi connectivity index (χ3v) is 4.15. The minimum atomic E-state index is -0.463. The van der Waals surface area contributed by atoms with E-state index >= 15 is 0 Å². The Balaban J connectivity index is 2.10. The molecule has 18 heavy (non-hydrogen) atoms. The summed E-state index contributed by atoms with van der Waals surface area (Å²) < 4.78 is 0. The Bertz CT molecular complexity index is 263. The normalized spacial score (nSPS) is 18.9. The van der Waals surface area contributed by atoms with Crippen molar-refractivity contribution in [3.8, 4) is 0 Å². The van der Waals surface area contributed by atoms with Crippen LogP contribution in [0.2, 0.25) is 0 Å². The minimum absolute atomic E-state index is 0.0517. The van der Waals surface area contributed by atoms with Gasteiger partial charge in [-0.25, -0.2) is 0 Å². The van der Waals surface area contributed by atoms with Crippen LogP contribution in [0.25, 0.3) is 0 Å². The molecule has 1 heterocycles. The van der Waals surface area contributed by atoms with Crippen molar-refractivity contribution in [2.75, 3.05) is 52.2 Å². The number of halogens is 1. The number of rotatable bonds is 6. The number of hydrogen-bond acceptors (Lipinski definition) is 3. The fraction of sp³-hybridized carbons (Fsp3) is 0.923. The van der Waals surface area contributed by atoms with Crippen LogP contribution in [-0.2, 0) is 4.79 Å². The Labute approximate surface area is 116 Å². The average Bonchev–Trinajstić information content (AvgIpc) is 2.36. The zero-order valence-electron chi connectivity index (χ0n) is 11.8. The molecule has 0 aromatic heterocycles. The highest BCUT2D eigenvalue weighted by atomic mass is 35.5. The third-order valence-electron chi connectivity index (χ3n) is 3.48. The predicted molar refractivity (Wildman–Crippen MR) is 76.1 cm³/mol.